The molecular weight excluding hydrogens is 398 g/mol. The summed E-state index contributed by atoms with van der Waals surface area (Å²) in [6.45, 7) is 1.97. The second-order valence-corrected chi connectivity index (χ2v) is 4.80. The molecule has 0 aromatic carbocycles. The van der Waals surface area contributed by atoms with Gasteiger partial charge in [-0.3, -0.25) is 4.98 Å². The fourth-order valence-electron chi connectivity index (χ4n) is 0.448. The fourth-order valence-corrected chi connectivity index (χ4v) is 0.448. The molecule has 0 saturated heterocycles. The Morgan fingerprint density at radius 3 is 1.85 bits per heavy atom. The van der Waals surface area contributed by atoms with Gasteiger partial charge in [-0.25, -0.2) is 0 Å². The fraction of sp³-hybridized carbons (Fsp3) is 0.167. The molecule has 0 aliphatic heterocycles. The molecule has 0 aliphatic rings. The van der Waals surface area contributed by atoms with Gasteiger partial charge in [-0.15, -0.1) is 0 Å². The van der Waals surface area contributed by atoms with Gasteiger partial charge >= 0.3 is 35.3 Å². The molecule has 1 rings (SSSR count). The van der Waals surface area contributed by atoms with Gasteiger partial charge in [0.15, 0.2) is 0 Å². The SMILES string of the molecule is Cc1ccccn1.N.O.O.[Cl][Pt][Cl]. The van der Waals surface area contributed by atoms with Crippen LogP contribution in [0.3, 0.4) is 0 Å². The Kier molecular flexibility index (Phi) is 32.5. The second-order valence-electron chi connectivity index (χ2n) is 1.52. The van der Waals surface area contributed by atoms with Crippen LogP contribution in [0.1, 0.15) is 5.69 Å². The Morgan fingerprint density at radius 2 is 1.69 bits per heavy atom. The summed E-state index contributed by atoms with van der Waals surface area (Å²) in [5, 5.41) is 0. The first kappa shape index (κ1) is 23.3. The third-order valence-electron chi connectivity index (χ3n) is 0.813. The van der Waals surface area contributed by atoms with Crippen LogP contribution in [0.15, 0.2) is 24.4 Å². The molecule has 13 heavy (non-hydrogen) atoms. The third-order valence-corrected chi connectivity index (χ3v) is 0.813. The van der Waals surface area contributed by atoms with Gasteiger partial charge < -0.3 is 17.1 Å². The van der Waals surface area contributed by atoms with E-state index in [0.717, 1.165) is 5.69 Å². The van der Waals surface area contributed by atoms with Gasteiger partial charge in [-0.1, -0.05) is 6.07 Å². The number of aryl methyl sites for hydroxylation is 1. The number of nitrogens with zero attached hydrogens (tertiary/aromatic N) is 1. The first-order chi connectivity index (χ1) is 4.81. The van der Waals surface area contributed by atoms with E-state index < -0.39 is 16.5 Å². The Hall–Kier alpha value is 0.298. The minimum atomic E-state index is -0.472. The number of halogens is 2. The zero-order valence-corrected chi connectivity index (χ0v) is 10.8. The van der Waals surface area contributed by atoms with E-state index in [0.29, 0.717) is 0 Å². The topological polar surface area (TPSA) is 111 Å². The van der Waals surface area contributed by atoms with E-state index in [1.54, 1.807) is 6.20 Å². The van der Waals surface area contributed by atoms with Crippen molar-refractivity contribution in [1.29, 1.82) is 0 Å². The van der Waals surface area contributed by atoms with Crippen LogP contribution in [0.5, 0.6) is 0 Å². The predicted molar refractivity (Wildman–Crippen MR) is 52.9 cm³/mol. The van der Waals surface area contributed by atoms with Crippen LogP contribution < -0.4 is 6.15 Å². The van der Waals surface area contributed by atoms with Gasteiger partial charge in [0.05, 0.1) is 0 Å². The molecule has 0 atom stereocenters. The van der Waals surface area contributed by atoms with Gasteiger partial charge in [0.1, 0.15) is 0 Å². The zero-order valence-electron chi connectivity index (χ0n) is 7.04. The maximum absolute atomic E-state index is 4.88. The van der Waals surface area contributed by atoms with E-state index >= 15 is 0 Å². The summed E-state index contributed by atoms with van der Waals surface area (Å²) in [6.07, 6.45) is 1.79. The molecule has 7 N–H and O–H groups in total. The van der Waals surface area contributed by atoms with Crippen LogP contribution in [0.25, 0.3) is 0 Å². The number of hydrogen-bond donors (Lipinski definition) is 1. The standard InChI is InChI=1S/C6H7N.2ClH.H3N.2H2O.Pt/c1-6-4-2-3-5-7-6;;;;;;/h2-5H,1H3;2*1H;1H3;2*1H2;/q;;;;;;+2/p-2. The number of hydrogen-bond acceptors (Lipinski definition) is 2. The van der Waals surface area contributed by atoms with Crippen molar-refractivity contribution in [2.24, 2.45) is 0 Å². The molecule has 7 heteroatoms. The van der Waals surface area contributed by atoms with E-state index in [4.69, 9.17) is 18.8 Å². The van der Waals surface area contributed by atoms with Gasteiger partial charge in [0, 0.05) is 11.9 Å². The normalized spacial score (nSPS) is 6.38. The van der Waals surface area contributed by atoms with Crippen LogP contribution in [-0.2, 0) is 16.5 Å². The molecule has 84 valence electrons. The van der Waals surface area contributed by atoms with Crippen LogP contribution in [0.2, 0.25) is 0 Å². The Labute approximate surface area is 94.2 Å². The van der Waals surface area contributed by atoms with Crippen molar-refractivity contribution in [2.45, 2.75) is 6.92 Å². The monoisotopic (exact) mass is 411 g/mol. The summed E-state index contributed by atoms with van der Waals surface area (Å²) in [5.74, 6) is 0. The number of aromatic nitrogens is 1. The van der Waals surface area contributed by atoms with Crippen molar-refractivity contribution in [3.63, 3.8) is 0 Å². The zero-order chi connectivity index (χ0) is 7.82. The summed E-state index contributed by atoms with van der Waals surface area (Å²) >= 11 is -0.472. The quantitative estimate of drug-likeness (QED) is 0.693. The molecule has 0 fully saturated rings. The third kappa shape index (κ3) is 18.9. The Balaban J connectivity index is -0.0000000615. The second kappa shape index (κ2) is 18.2. The van der Waals surface area contributed by atoms with Crippen LogP contribution in [0, 0.1) is 6.92 Å². The molecule has 0 bridgehead atoms. The average molecular weight is 412 g/mol. The van der Waals surface area contributed by atoms with E-state index in [-0.39, 0.29) is 17.1 Å². The number of rotatable bonds is 0. The molecule has 0 amide bonds. The van der Waals surface area contributed by atoms with E-state index in [1.807, 2.05) is 25.1 Å². The molecule has 1 heterocycles. The van der Waals surface area contributed by atoms with Gasteiger partial charge in [-0.05, 0) is 19.1 Å². The predicted octanol–water partition coefficient (Wildman–Crippen LogP) is 1.28. The molecule has 4 nitrogen and oxygen atoms in total. The molecule has 0 radical (unpaired) electrons. The maximum atomic E-state index is 4.88. The number of pyridine rings is 1. The molecular formula is C6H14Cl2N2O2Pt. The van der Waals surface area contributed by atoms with Crippen LogP contribution >= 0.6 is 18.8 Å². The van der Waals surface area contributed by atoms with E-state index in [2.05, 4.69) is 4.98 Å². The van der Waals surface area contributed by atoms with Crippen LogP contribution in [0.4, 0.5) is 0 Å². The summed E-state index contributed by atoms with van der Waals surface area (Å²) < 4.78 is 0. The summed E-state index contributed by atoms with van der Waals surface area (Å²) in [7, 11) is 9.75. The van der Waals surface area contributed by atoms with Crippen molar-refractivity contribution >= 4 is 18.8 Å². The molecule has 0 spiro atoms. The van der Waals surface area contributed by atoms with Crippen molar-refractivity contribution in [3.8, 4) is 0 Å². The van der Waals surface area contributed by atoms with Crippen molar-refractivity contribution in [1.82, 2.24) is 11.1 Å². The first-order valence-corrected chi connectivity index (χ1v) is 8.14. The molecule has 0 saturated carbocycles. The molecule has 1 aromatic rings. The molecule has 1 aromatic heterocycles. The van der Waals surface area contributed by atoms with Crippen molar-refractivity contribution in [3.05, 3.63) is 30.1 Å². The van der Waals surface area contributed by atoms with Crippen molar-refractivity contribution in [2.75, 3.05) is 0 Å². The van der Waals surface area contributed by atoms with Gasteiger partial charge in [0.25, 0.3) is 0 Å². The van der Waals surface area contributed by atoms with Gasteiger partial charge in [0.2, 0.25) is 0 Å². The minimum absolute atomic E-state index is 0. The Bertz CT molecular complexity index is 168. The first-order valence-electron chi connectivity index (χ1n) is 2.51. The average Bonchev–Trinajstić information content (AvgIpc) is 1.91. The molecule has 0 unspecified atom stereocenters. The summed E-state index contributed by atoms with van der Waals surface area (Å²) in [5.41, 5.74) is 1.07. The summed E-state index contributed by atoms with van der Waals surface area (Å²) in [6, 6.07) is 5.86. The van der Waals surface area contributed by atoms with E-state index in [1.165, 1.54) is 0 Å². The molecule has 0 aliphatic carbocycles. The van der Waals surface area contributed by atoms with Gasteiger partial charge in [-0.2, -0.15) is 0 Å². The van der Waals surface area contributed by atoms with Crippen molar-refractivity contribution < 1.29 is 27.4 Å². The van der Waals surface area contributed by atoms with E-state index in [9.17, 15) is 0 Å². The summed E-state index contributed by atoms with van der Waals surface area (Å²) in [4.78, 5) is 3.98. The van der Waals surface area contributed by atoms with Crippen LogP contribution in [-0.4, -0.2) is 15.9 Å². The Morgan fingerprint density at radius 1 is 1.23 bits per heavy atom.